The minimum atomic E-state index is -0.276. The monoisotopic (exact) mass is 438 g/mol. The van der Waals surface area contributed by atoms with Gasteiger partial charge in [-0.05, 0) is 48.9 Å². The van der Waals surface area contributed by atoms with Crippen molar-refractivity contribution in [2.45, 2.75) is 31.3 Å². The molecular formula is C21H24Cl2N2O2S. The molecule has 0 radical (unpaired) electrons. The molecule has 4 nitrogen and oxygen atoms in total. The molecule has 2 aromatic rings. The lowest BCUT2D eigenvalue weighted by Crippen LogP contribution is -2.48. The smallest absolute Gasteiger partial charge is 0.222 e. The third-order valence-corrected chi connectivity index (χ3v) is 7.77. The van der Waals surface area contributed by atoms with Gasteiger partial charge in [0.15, 0.2) is 0 Å². The Morgan fingerprint density at radius 1 is 1.29 bits per heavy atom. The van der Waals surface area contributed by atoms with Crippen LogP contribution >= 0.6 is 34.5 Å². The Balaban J connectivity index is 1.42. The summed E-state index contributed by atoms with van der Waals surface area (Å²) < 4.78 is 7.11. The van der Waals surface area contributed by atoms with E-state index in [1.165, 1.54) is 10.4 Å². The Hall–Kier alpha value is -1.11. The lowest BCUT2D eigenvalue weighted by molar-refractivity contribution is -0.123. The summed E-state index contributed by atoms with van der Waals surface area (Å²) in [7, 11) is 0. The van der Waals surface area contributed by atoms with Gasteiger partial charge in [-0.3, -0.25) is 4.79 Å². The number of fused-ring (bicyclic) bond motifs is 2. The van der Waals surface area contributed by atoms with Gasteiger partial charge in [0, 0.05) is 29.5 Å². The summed E-state index contributed by atoms with van der Waals surface area (Å²) >= 11 is 14.2. The van der Waals surface area contributed by atoms with Crippen LogP contribution in [0, 0.1) is 5.92 Å². The largest absolute Gasteiger partial charge is 0.369 e. The SMILES string of the molecule is NC(=O)[C@@H](Cc1ccccc1Cl)CN1CCC2(CC1)OCCc1cc(Cl)sc12. The number of nitrogens with zero attached hydrogens (tertiary/aromatic N) is 1. The third-order valence-electron chi connectivity index (χ3n) is 5.91. The number of piperidine rings is 1. The number of ether oxygens (including phenoxy) is 1. The molecule has 1 atom stereocenters. The highest BCUT2D eigenvalue weighted by Gasteiger charge is 2.42. The number of nitrogens with two attached hydrogens (primary N) is 1. The molecule has 1 fully saturated rings. The number of likely N-dealkylation sites (tertiary alicyclic amines) is 1. The van der Waals surface area contributed by atoms with Gasteiger partial charge in [0.05, 0.1) is 16.9 Å². The predicted octanol–water partition coefficient (Wildman–Crippen LogP) is 4.26. The van der Waals surface area contributed by atoms with E-state index in [0.717, 1.165) is 48.9 Å². The molecule has 2 N–H and O–H groups in total. The summed E-state index contributed by atoms with van der Waals surface area (Å²) in [5.74, 6) is -0.533. The van der Waals surface area contributed by atoms with Gasteiger partial charge in [0.2, 0.25) is 5.91 Å². The van der Waals surface area contributed by atoms with E-state index >= 15 is 0 Å². The maximum Gasteiger partial charge on any atom is 0.222 e. The summed E-state index contributed by atoms with van der Waals surface area (Å²) in [5.41, 5.74) is 7.80. The van der Waals surface area contributed by atoms with Crippen molar-refractivity contribution in [1.29, 1.82) is 0 Å². The molecule has 0 bridgehead atoms. The van der Waals surface area contributed by atoms with Crippen LogP contribution in [-0.4, -0.2) is 37.0 Å². The second-order valence-electron chi connectivity index (χ2n) is 7.69. The van der Waals surface area contributed by atoms with Crippen LogP contribution < -0.4 is 5.73 Å². The number of primary amides is 1. The number of benzene rings is 1. The van der Waals surface area contributed by atoms with Crippen molar-refractivity contribution in [2.24, 2.45) is 11.7 Å². The molecule has 1 aromatic heterocycles. The van der Waals surface area contributed by atoms with Crippen LogP contribution in [0.15, 0.2) is 30.3 Å². The van der Waals surface area contributed by atoms with E-state index in [-0.39, 0.29) is 17.4 Å². The maximum absolute atomic E-state index is 12.1. The molecule has 3 heterocycles. The number of thiophene rings is 1. The van der Waals surface area contributed by atoms with Crippen molar-refractivity contribution in [3.8, 4) is 0 Å². The maximum atomic E-state index is 12.1. The third kappa shape index (κ3) is 4.10. The average Bonchev–Trinajstić information content (AvgIpc) is 3.06. The van der Waals surface area contributed by atoms with Crippen molar-refractivity contribution >= 4 is 40.4 Å². The van der Waals surface area contributed by atoms with Crippen molar-refractivity contribution in [3.63, 3.8) is 0 Å². The highest BCUT2D eigenvalue weighted by molar-refractivity contribution is 7.16. The van der Waals surface area contributed by atoms with Crippen LogP contribution in [0.1, 0.15) is 28.8 Å². The lowest BCUT2D eigenvalue weighted by Gasteiger charge is -2.44. The summed E-state index contributed by atoms with van der Waals surface area (Å²) in [6.07, 6.45) is 3.33. The molecule has 1 amide bonds. The number of rotatable bonds is 5. The molecule has 1 saturated heterocycles. The van der Waals surface area contributed by atoms with E-state index in [1.807, 2.05) is 24.3 Å². The molecule has 2 aliphatic rings. The number of hydrogen-bond donors (Lipinski definition) is 1. The van der Waals surface area contributed by atoms with Crippen molar-refractivity contribution < 1.29 is 9.53 Å². The molecule has 0 aliphatic carbocycles. The molecule has 7 heteroatoms. The molecule has 28 heavy (non-hydrogen) atoms. The Bertz CT molecular complexity index is 862. The first kappa shape index (κ1) is 20.2. The highest BCUT2D eigenvalue weighted by Crippen LogP contribution is 2.46. The van der Waals surface area contributed by atoms with Gasteiger partial charge >= 0.3 is 0 Å². The molecule has 4 rings (SSSR count). The molecule has 0 saturated carbocycles. The van der Waals surface area contributed by atoms with Gasteiger partial charge in [0.1, 0.15) is 5.60 Å². The zero-order valence-corrected chi connectivity index (χ0v) is 18.0. The van der Waals surface area contributed by atoms with Crippen molar-refractivity contribution in [1.82, 2.24) is 4.90 Å². The number of halogens is 2. The lowest BCUT2D eigenvalue weighted by atomic mass is 9.85. The van der Waals surface area contributed by atoms with Crippen molar-refractivity contribution in [2.75, 3.05) is 26.2 Å². The van der Waals surface area contributed by atoms with Crippen LogP contribution in [-0.2, 0) is 28.0 Å². The Morgan fingerprint density at radius 2 is 2.04 bits per heavy atom. The van der Waals surface area contributed by atoms with E-state index in [9.17, 15) is 4.79 Å². The Labute approximate surface area is 179 Å². The number of carbonyl (C=O) groups is 1. The fourth-order valence-electron chi connectivity index (χ4n) is 4.35. The van der Waals surface area contributed by atoms with E-state index in [0.29, 0.717) is 18.0 Å². The van der Waals surface area contributed by atoms with Gasteiger partial charge < -0.3 is 15.4 Å². The predicted molar refractivity (Wildman–Crippen MR) is 114 cm³/mol. The van der Waals surface area contributed by atoms with Gasteiger partial charge in [-0.15, -0.1) is 11.3 Å². The van der Waals surface area contributed by atoms with E-state index in [2.05, 4.69) is 11.0 Å². The quantitative estimate of drug-likeness (QED) is 0.758. The molecule has 1 spiro atoms. The highest BCUT2D eigenvalue weighted by atomic mass is 35.5. The number of hydrogen-bond acceptors (Lipinski definition) is 4. The van der Waals surface area contributed by atoms with Crippen molar-refractivity contribution in [3.05, 3.63) is 55.7 Å². The molecule has 0 unspecified atom stereocenters. The first-order valence-corrected chi connectivity index (χ1v) is 11.2. The fourth-order valence-corrected chi connectivity index (χ4v) is 6.07. The summed E-state index contributed by atoms with van der Waals surface area (Å²) in [4.78, 5) is 15.7. The van der Waals surface area contributed by atoms with Crippen LogP contribution in [0.3, 0.4) is 0 Å². The standard InChI is InChI=1S/C21H24Cl2N2O2S/c22-17-4-2-1-3-14(17)11-16(20(24)26)13-25-8-6-21(7-9-25)19-15(5-10-27-21)12-18(23)28-19/h1-4,12,16H,5-11,13H2,(H2,24,26)/t16-/m0/s1. The van der Waals surface area contributed by atoms with Gasteiger partial charge in [0.25, 0.3) is 0 Å². The first-order chi connectivity index (χ1) is 13.5. The van der Waals surface area contributed by atoms with Gasteiger partial charge in [-0.1, -0.05) is 41.4 Å². The zero-order valence-electron chi connectivity index (χ0n) is 15.6. The summed E-state index contributed by atoms with van der Waals surface area (Å²) in [6, 6.07) is 9.73. The average molecular weight is 439 g/mol. The zero-order chi connectivity index (χ0) is 19.7. The fraction of sp³-hybridized carbons (Fsp3) is 0.476. The molecular weight excluding hydrogens is 415 g/mol. The number of amides is 1. The topological polar surface area (TPSA) is 55.6 Å². The Kier molecular flexibility index (Phi) is 6.00. The van der Waals surface area contributed by atoms with Gasteiger partial charge in [-0.25, -0.2) is 0 Å². The number of carbonyl (C=O) groups excluding carboxylic acids is 1. The summed E-state index contributed by atoms with van der Waals surface area (Å²) in [6.45, 7) is 3.15. The first-order valence-electron chi connectivity index (χ1n) is 9.64. The molecule has 1 aromatic carbocycles. The van der Waals surface area contributed by atoms with E-state index < -0.39 is 0 Å². The minimum absolute atomic E-state index is 0.215. The van der Waals surface area contributed by atoms with Gasteiger partial charge in [-0.2, -0.15) is 0 Å². The second kappa shape index (κ2) is 8.33. The van der Waals surface area contributed by atoms with Crippen LogP contribution in [0.2, 0.25) is 9.36 Å². The normalized spacial score (nSPS) is 20.1. The van der Waals surface area contributed by atoms with E-state index in [4.69, 9.17) is 33.7 Å². The van der Waals surface area contributed by atoms with Crippen LogP contribution in [0.5, 0.6) is 0 Å². The Morgan fingerprint density at radius 3 is 2.75 bits per heavy atom. The van der Waals surface area contributed by atoms with Crippen LogP contribution in [0.25, 0.3) is 0 Å². The second-order valence-corrected chi connectivity index (χ2v) is 9.78. The van der Waals surface area contributed by atoms with E-state index in [1.54, 1.807) is 11.3 Å². The summed E-state index contributed by atoms with van der Waals surface area (Å²) in [5, 5.41) is 0.684. The molecule has 2 aliphatic heterocycles. The minimum Gasteiger partial charge on any atom is -0.369 e. The van der Waals surface area contributed by atoms with Crippen LogP contribution in [0.4, 0.5) is 0 Å². The molecule has 150 valence electrons.